The van der Waals surface area contributed by atoms with E-state index in [1.807, 2.05) is 6.07 Å². The predicted molar refractivity (Wildman–Crippen MR) is 72.7 cm³/mol. The summed E-state index contributed by atoms with van der Waals surface area (Å²) in [4.78, 5) is 0. The lowest BCUT2D eigenvalue weighted by Crippen LogP contribution is -2.21. The Hall–Kier alpha value is -1.32. The molecule has 0 saturated heterocycles. The lowest BCUT2D eigenvalue weighted by Gasteiger charge is -2.27. The molecule has 1 aromatic rings. The van der Waals surface area contributed by atoms with E-state index in [1.165, 1.54) is 25.7 Å². The van der Waals surface area contributed by atoms with Crippen LogP contribution in [-0.2, 0) is 0 Å². The summed E-state index contributed by atoms with van der Waals surface area (Å²) in [6.45, 7) is 0.431. The molecule has 0 spiro atoms. The molecule has 1 fully saturated rings. The highest BCUT2D eigenvalue weighted by molar-refractivity contribution is 5.48. The minimum Gasteiger partial charge on any atom is -0.435 e. The molecule has 1 aromatic carbocycles. The molecule has 0 bridgehead atoms. The van der Waals surface area contributed by atoms with Crippen LogP contribution < -0.4 is 10.1 Å². The van der Waals surface area contributed by atoms with Gasteiger partial charge in [-0.3, -0.25) is 0 Å². The second-order valence-electron chi connectivity index (χ2n) is 5.43. The normalized spacial score (nSPS) is 23.4. The molecule has 106 valence electrons. The minimum absolute atomic E-state index is 0.206. The zero-order valence-corrected chi connectivity index (χ0v) is 11.2. The van der Waals surface area contributed by atoms with E-state index in [0.717, 1.165) is 18.2 Å². The van der Waals surface area contributed by atoms with Crippen LogP contribution in [0.1, 0.15) is 32.6 Å². The first-order chi connectivity index (χ1) is 9.13. The number of ether oxygens (including phenoxy) is 1. The van der Waals surface area contributed by atoms with Gasteiger partial charge in [-0.15, -0.1) is 0 Å². The van der Waals surface area contributed by atoms with Crippen LogP contribution in [0.5, 0.6) is 5.75 Å². The summed E-state index contributed by atoms with van der Waals surface area (Å²) in [5.74, 6) is 1.69. The Morgan fingerprint density at radius 2 is 2.21 bits per heavy atom. The fourth-order valence-electron chi connectivity index (χ4n) is 2.79. The molecule has 1 aliphatic carbocycles. The van der Waals surface area contributed by atoms with Crippen molar-refractivity contribution in [3.05, 3.63) is 24.3 Å². The largest absolute Gasteiger partial charge is 0.435 e. The van der Waals surface area contributed by atoms with Crippen molar-refractivity contribution >= 4 is 5.69 Å². The van der Waals surface area contributed by atoms with Crippen molar-refractivity contribution in [2.75, 3.05) is 11.9 Å². The summed E-state index contributed by atoms with van der Waals surface area (Å²) in [6.07, 6.45) is 5.13. The molecule has 0 aromatic heterocycles. The Balaban J connectivity index is 1.85. The van der Waals surface area contributed by atoms with Gasteiger partial charge in [-0.05, 0) is 36.8 Å². The number of rotatable bonds is 5. The molecule has 2 nitrogen and oxygen atoms in total. The van der Waals surface area contributed by atoms with Crippen LogP contribution in [0.2, 0.25) is 0 Å². The van der Waals surface area contributed by atoms with E-state index in [9.17, 15) is 8.78 Å². The molecular formula is C15H21F2NO. The summed E-state index contributed by atoms with van der Waals surface area (Å²) in [7, 11) is 0. The van der Waals surface area contributed by atoms with Crippen molar-refractivity contribution in [3.63, 3.8) is 0 Å². The fourth-order valence-corrected chi connectivity index (χ4v) is 2.79. The Labute approximate surface area is 113 Å². The number of alkyl halides is 2. The van der Waals surface area contributed by atoms with Gasteiger partial charge in [0.15, 0.2) is 0 Å². The van der Waals surface area contributed by atoms with Gasteiger partial charge in [0.05, 0.1) is 0 Å². The van der Waals surface area contributed by atoms with Gasteiger partial charge in [0.25, 0.3) is 0 Å². The van der Waals surface area contributed by atoms with Crippen LogP contribution >= 0.6 is 0 Å². The maximum Gasteiger partial charge on any atom is 0.387 e. The van der Waals surface area contributed by atoms with Crippen LogP contribution in [0.4, 0.5) is 14.5 Å². The van der Waals surface area contributed by atoms with Crippen LogP contribution in [0, 0.1) is 11.8 Å². The third-order valence-electron chi connectivity index (χ3n) is 3.70. The van der Waals surface area contributed by atoms with Gasteiger partial charge < -0.3 is 10.1 Å². The third kappa shape index (κ3) is 4.69. The lowest BCUT2D eigenvalue weighted by molar-refractivity contribution is -0.0498. The summed E-state index contributed by atoms with van der Waals surface area (Å²) >= 11 is 0. The number of nitrogens with one attached hydrogen (secondary N) is 1. The van der Waals surface area contributed by atoms with E-state index in [4.69, 9.17) is 0 Å². The predicted octanol–water partition coefficient (Wildman–Crippen LogP) is 4.53. The highest BCUT2D eigenvalue weighted by atomic mass is 19.3. The highest BCUT2D eigenvalue weighted by Crippen LogP contribution is 2.29. The van der Waals surface area contributed by atoms with E-state index in [2.05, 4.69) is 17.0 Å². The Bertz CT molecular complexity index is 397. The number of hydrogen-bond donors (Lipinski definition) is 1. The van der Waals surface area contributed by atoms with Gasteiger partial charge >= 0.3 is 6.61 Å². The van der Waals surface area contributed by atoms with Crippen LogP contribution in [-0.4, -0.2) is 13.2 Å². The molecule has 0 amide bonds. The summed E-state index contributed by atoms with van der Waals surface area (Å²) in [5.41, 5.74) is 0.844. The van der Waals surface area contributed by atoms with E-state index in [1.54, 1.807) is 18.2 Å². The van der Waals surface area contributed by atoms with Crippen LogP contribution in [0.3, 0.4) is 0 Å². The molecule has 1 aliphatic rings. The summed E-state index contributed by atoms with van der Waals surface area (Å²) in [6, 6.07) is 6.77. The van der Waals surface area contributed by atoms with Gasteiger partial charge in [-0.2, -0.15) is 8.78 Å². The standard InChI is InChI=1S/C15H21F2NO/c1-11-4-2-5-12(8-11)10-18-13-6-3-7-14(9-13)19-15(16)17/h3,6-7,9,11-12,15,18H,2,4-5,8,10H2,1H3. The Kier molecular flexibility index (Phi) is 5.00. The van der Waals surface area contributed by atoms with Gasteiger partial charge in [0.2, 0.25) is 0 Å². The molecule has 2 atom stereocenters. The average Bonchev–Trinajstić information content (AvgIpc) is 2.36. The molecule has 1 N–H and O–H groups in total. The van der Waals surface area contributed by atoms with Gasteiger partial charge in [-0.1, -0.05) is 25.8 Å². The highest BCUT2D eigenvalue weighted by Gasteiger charge is 2.18. The molecular weight excluding hydrogens is 248 g/mol. The van der Waals surface area contributed by atoms with E-state index in [-0.39, 0.29) is 5.75 Å². The molecule has 0 aliphatic heterocycles. The third-order valence-corrected chi connectivity index (χ3v) is 3.70. The van der Waals surface area contributed by atoms with Gasteiger partial charge in [0.1, 0.15) is 5.75 Å². The number of anilines is 1. The molecule has 19 heavy (non-hydrogen) atoms. The summed E-state index contributed by atoms with van der Waals surface area (Å²) < 4.78 is 28.6. The van der Waals surface area contributed by atoms with E-state index in [0.29, 0.717) is 5.92 Å². The Morgan fingerprint density at radius 1 is 1.37 bits per heavy atom. The monoisotopic (exact) mass is 269 g/mol. The first-order valence-electron chi connectivity index (χ1n) is 6.92. The zero-order chi connectivity index (χ0) is 13.7. The second-order valence-corrected chi connectivity index (χ2v) is 5.43. The maximum absolute atomic E-state index is 12.1. The molecule has 2 unspecified atom stereocenters. The topological polar surface area (TPSA) is 21.3 Å². The van der Waals surface area contributed by atoms with Crippen molar-refractivity contribution in [1.82, 2.24) is 0 Å². The molecule has 2 rings (SSSR count). The van der Waals surface area contributed by atoms with Crippen molar-refractivity contribution in [1.29, 1.82) is 0 Å². The Morgan fingerprint density at radius 3 is 2.95 bits per heavy atom. The van der Waals surface area contributed by atoms with Gasteiger partial charge in [0, 0.05) is 18.3 Å². The van der Waals surface area contributed by atoms with E-state index >= 15 is 0 Å². The lowest BCUT2D eigenvalue weighted by atomic mass is 9.82. The average molecular weight is 269 g/mol. The molecule has 0 radical (unpaired) electrons. The second kappa shape index (κ2) is 6.73. The SMILES string of the molecule is CC1CCCC(CNc2cccc(OC(F)F)c2)C1. The number of halogens is 2. The smallest absolute Gasteiger partial charge is 0.387 e. The van der Waals surface area contributed by atoms with Crippen LogP contribution in [0.25, 0.3) is 0 Å². The molecule has 4 heteroatoms. The maximum atomic E-state index is 12.1. The van der Waals surface area contributed by atoms with Crippen LogP contribution in [0.15, 0.2) is 24.3 Å². The number of hydrogen-bond acceptors (Lipinski definition) is 2. The molecule has 1 saturated carbocycles. The summed E-state index contributed by atoms with van der Waals surface area (Å²) in [5, 5.41) is 3.32. The van der Waals surface area contributed by atoms with Gasteiger partial charge in [-0.25, -0.2) is 0 Å². The van der Waals surface area contributed by atoms with Crippen molar-refractivity contribution in [2.24, 2.45) is 11.8 Å². The number of benzene rings is 1. The fraction of sp³-hybridized carbons (Fsp3) is 0.600. The quantitative estimate of drug-likeness (QED) is 0.848. The molecule has 0 heterocycles. The first-order valence-corrected chi connectivity index (χ1v) is 6.92. The zero-order valence-electron chi connectivity index (χ0n) is 11.2. The van der Waals surface area contributed by atoms with Crippen molar-refractivity contribution in [3.8, 4) is 5.75 Å². The minimum atomic E-state index is -2.77. The van der Waals surface area contributed by atoms with Crippen molar-refractivity contribution < 1.29 is 13.5 Å². The van der Waals surface area contributed by atoms with E-state index < -0.39 is 6.61 Å². The first kappa shape index (κ1) is 14.1. The van der Waals surface area contributed by atoms with Crippen molar-refractivity contribution in [2.45, 2.75) is 39.2 Å².